The Labute approximate surface area is 91.5 Å². The Bertz CT molecular complexity index is 342. The first-order valence-corrected chi connectivity index (χ1v) is 5.02. The lowest BCUT2D eigenvalue weighted by Gasteiger charge is -2.26. The van der Waals surface area contributed by atoms with Gasteiger partial charge in [0, 0.05) is 22.9 Å². The fraction of sp³-hybridized carbons (Fsp3) is 0.300. The van der Waals surface area contributed by atoms with E-state index >= 15 is 0 Å². The largest absolute Gasteiger partial charge is 0.478 e. The zero-order valence-electron chi connectivity index (χ0n) is 8.12. The van der Waals surface area contributed by atoms with E-state index in [4.69, 9.17) is 5.11 Å². The molecule has 0 atom stereocenters. The second-order valence-electron chi connectivity index (χ2n) is 3.34. The van der Waals surface area contributed by atoms with Crippen LogP contribution in [0.15, 0.2) is 34.6 Å². The molecule has 0 spiro atoms. The molecule has 0 unspecified atom stereocenters. The molecule has 1 rings (SSSR count). The van der Waals surface area contributed by atoms with Crippen LogP contribution in [-0.2, 0) is 4.79 Å². The highest BCUT2D eigenvalue weighted by molar-refractivity contribution is 9.12. The minimum Gasteiger partial charge on any atom is -0.478 e. The summed E-state index contributed by atoms with van der Waals surface area (Å²) in [6.07, 6.45) is 3.43. The van der Waals surface area contributed by atoms with Crippen molar-refractivity contribution in [2.24, 2.45) is 0 Å². The fourth-order valence-electron chi connectivity index (χ4n) is 1.08. The number of hydrogen-bond acceptors (Lipinski definition) is 2. The van der Waals surface area contributed by atoms with E-state index in [1.54, 1.807) is 6.20 Å². The molecule has 0 fully saturated rings. The third-order valence-corrected chi connectivity index (χ3v) is 2.66. The number of aliphatic carboxylic acids is 1. The van der Waals surface area contributed by atoms with E-state index in [-0.39, 0.29) is 11.6 Å². The lowest BCUT2D eigenvalue weighted by atomic mass is 10.1. The molecule has 4 heteroatoms. The maximum Gasteiger partial charge on any atom is 0.337 e. The van der Waals surface area contributed by atoms with Gasteiger partial charge in [-0.05, 0) is 35.4 Å². The van der Waals surface area contributed by atoms with E-state index in [9.17, 15) is 4.79 Å². The Morgan fingerprint density at radius 2 is 2.14 bits per heavy atom. The first-order valence-electron chi connectivity index (χ1n) is 4.23. The maximum atomic E-state index is 10.9. The molecule has 1 heterocycles. The van der Waals surface area contributed by atoms with Gasteiger partial charge in [0.2, 0.25) is 0 Å². The van der Waals surface area contributed by atoms with Gasteiger partial charge in [0.05, 0.1) is 5.57 Å². The molecular formula is C10H12BrNO2. The molecule has 1 aliphatic heterocycles. The summed E-state index contributed by atoms with van der Waals surface area (Å²) in [5.41, 5.74) is 0.738. The average molecular weight is 258 g/mol. The smallest absolute Gasteiger partial charge is 0.337 e. The molecule has 0 saturated carbocycles. The third kappa shape index (κ3) is 2.07. The SMILES string of the molecule is C=C1C(Br)=CN(C(C)C)C=C1C(=O)O. The Morgan fingerprint density at radius 1 is 1.57 bits per heavy atom. The quantitative estimate of drug-likeness (QED) is 0.827. The van der Waals surface area contributed by atoms with Crippen LogP contribution in [0.2, 0.25) is 0 Å². The minimum absolute atomic E-state index is 0.227. The van der Waals surface area contributed by atoms with E-state index in [1.165, 1.54) is 0 Å². The summed E-state index contributed by atoms with van der Waals surface area (Å²) in [5.74, 6) is -0.953. The van der Waals surface area contributed by atoms with Gasteiger partial charge in [-0.15, -0.1) is 0 Å². The molecule has 1 aliphatic rings. The standard InChI is InChI=1S/C10H12BrNO2/c1-6(2)12-4-8(10(13)14)7(3)9(11)5-12/h4-6H,3H2,1-2H3,(H,13,14). The van der Waals surface area contributed by atoms with E-state index in [2.05, 4.69) is 22.5 Å². The molecule has 1 N–H and O–H groups in total. The summed E-state index contributed by atoms with van der Waals surface area (Å²) in [4.78, 5) is 12.7. The van der Waals surface area contributed by atoms with Gasteiger partial charge in [-0.25, -0.2) is 4.79 Å². The zero-order chi connectivity index (χ0) is 10.9. The average Bonchev–Trinajstić information content (AvgIpc) is 2.08. The van der Waals surface area contributed by atoms with Gasteiger partial charge in [-0.2, -0.15) is 0 Å². The zero-order valence-corrected chi connectivity index (χ0v) is 9.71. The molecular weight excluding hydrogens is 246 g/mol. The lowest BCUT2D eigenvalue weighted by molar-refractivity contribution is -0.132. The van der Waals surface area contributed by atoms with E-state index < -0.39 is 5.97 Å². The van der Waals surface area contributed by atoms with Crippen LogP contribution in [0.4, 0.5) is 0 Å². The predicted octanol–water partition coefficient (Wildman–Crippen LogP) is 2.47. The fourth-order valence-corrected chi connectivity index (χ4v) is 1.53. The predicted molar refractivity (Wildman–Crippen MR) is 58.8 cm³/mol. The molecule has 0 aromatic carbocycles. The summed E-state index contributed by atoms with van der Waals surface area (Å²) < 4.78 is 0.714. The minimum atomic E-state index is -0.953. The van der Waals surface area contributed by atoms with Crippen molar-refractivity contribution in [1.82, 2.24) is 4.90 Å². The van der Waals surface area contributed by atoms with E-state index in [0.717, 1.165) is 0 Å². The topological polar surface area (TPSA) is 40.5 Å². The first-order chi connectivity index (χ1) is 6.43. The summed E-state index contributed by atoms with van der Waals surface area (Å²) in [6, 6.07) is 0.227. The Balaban J connectivity index is 3.06. The molecule has 3 nitrogen and oxygen atoms in total. The molecule has 0 saturated heterocycles. The summed E-state index contributed by atoms with van der Waals surface area (Å²) in [7, 11) is 0. The van der Waals surface area contributed by atoms with Gasteiger partial charge in [-0.1, -0.05) is 6.58 Å². The van der Waals surface area contributed by atoms with Crippen LogP contribution in [0.5, 0.6) is 0 Å². The van der Waals surface area contributed by atoms with Crippen LogP contribution in [-0.4, -0.2) is 22.0 Å². The van der Waals surface area contributed by atoms with Gasteiger partial charge < -0.3 is 10.0 Å². The van der Waals surface area contributed by atoms with Crippen LogP contribution in [0, 0.1) is 0 Å². The highest BCUT2D eigenvalue weighted by Crippen LogP contribution is 2.29. The van der Waals surface area contributed by atoms with Crippen LogP contribution in [0.3, 0.4) is 0 Å². The summed E-state index contributed by atoms with van der Waals surface area (Å²) >= 11 is 3.29. The van der Waals surface area contributed by atoms with Gasteiger partial charge in [-0.3, -0.25) is 0 Å². The number of carboxylic acid groups (broad SMARTS) is 1. The van der Waals surface area contributed by atoms with Crippen LogP contribution in [0.1, 0.15) is 13.8 Å². The summed E-state index contributed by atoms with van der Waals surface area (Å²) in [5, 5.41) is 8.92. The molecule has 0 amide bonds. The first kappa shape index (κ1) is 11.0. The Hall–Kier alpha value is -1.03. The van der Waals surface area contributed by atoms with Crippen molar-refractivity contribution in [2.45, 2.75) is 19.9 Å². The van der Waals surface area contributed by atoms with Crippen LogP contribution >= 0.6 is 15.9 Å². The Kier molecular flexibility index (Phi) is 3.16. The van der Waals surface area contributed by atoms with Gasteiger partial charge in [0.25, 0.3) is 0 Å². The van der Waals surface area contributed by atoms with Crippen molar-refractivity contribution in [3.8, 4) is 0 Å². The molecule has 0 aromatic rings. The van der Waals surface area contributed by atoms with Crippen LogP contribution < -0.4 is 0 Å². The highest BCUT2D eigenvalue weighted by atomic mass is 79.9. The molecule has 0 radical (unpaired) electrons. The van der Waals surface area contributed by atoms with Crippen molar-refractivity contribution < 1.29 is 9.90 Å². The number of allylic oxidation sites excluding steroid dienone is 1. The summed E-state index contributed by atoms with van der Waals surface area (Å²) in [6.45, 7) is 7.67. The number of carbonyl (C=O) groups is 1. The maximum absolute atomic E-state index is 10.9. The normalized spacial score (nSPS) is 16.9. The van der Waals surface area contributed by atoms with Crippen LogP contribution in [0.25, 0.3) is 0 Å². The van der Waals surface area contributed by atoms with Crippen molar-refractivity contribution in [2.75, 3.05) is 0 Å². The van der Waals surface area contributed by atoms with Crippen molar-refractivity contribution in [1.29, 1.82) is 0 Å². The third-order valence-electron chi connectivity index (χ3n) is 1.98. The number of carboxylic acids is 1. The molecule has 76 valence electrons. The van der Waals surface area contributed by atoms with Gasteiger partial charge in [0.15, 0.2) is 0 Å². The second-order valence-corrected chi connectivity index (χ2v) is 4.20. The van der Waals surface area contributed by atoms with Gasteiger partial charge in [0.1, 0.15) is 0 Å². The number of rotatable bonds is 2. The van der Waals surface area contributed by atoms with Gasteiger partial charge >= 0.3 is 5.97 Å². The molecule has 0 bridgehead atoms. The molecule has 0 aliphatic carbocycles. The van der Waals surface area contributed by atoms with Crippen molar-refractivity contribution in [3.63, 3.8) is 0 Å². The number of hydrogen-bond donors (Lipinski definition) is 1. The highest BCUT2D eigenvalue weighted by Gasteiger charge is 2.20. The number of nitrogens with zero attached hydrogens (tertiary/aromatic N) is 1. The van der Waals surface area contributed by atoms with E-state index in [1.807, 2.05) is 24.9 Å². The van der Waals surface area contributed by atoms with Crippen molar-refractivity contribution in [3.05, 3.63) is 34.6 Å². The second kappa shape index (κ2) is 4.00. The lowest BCUT2D eigenvalue weighted by Crippen LogP contribution is -2.24. The Morgan fingerprint density at radius 3 is 2.57 bits per heavy atom. The number of halogens is 1. The molecule has 0 aromatic heterocycles. The monoisotopic (exact) mass is 257 g/mol. The van der Waals surface area contributed by atoms with E-state index in [0.29, 0.717) is 10.1 Å². The van der Waals surface area contributed by atoms with Crippen molar-refractivity contribution >= 4 is 21.9 Å². The molecule has 14 heavy (non-hydrogen) atoms.